The summed E-state index contributed by atoms with van der Waals surface area (Å²) in [7, 11) is 0. The average Bonchev–Trinajstić information content (AvgIpc) is 2.37. The minimum Gasteiger partial charge on any atom is -0.330 e. The van der Waals surface area contributed by atoms with Crippen LogP contribution in [-0.2, 0) is 6.42 Å². The van der Waals surface area contributed by atoms with Crippen LogP contribution in [0.2, 0.25) is 10.0 Å². The van der Waals surface area contributed by atoms with E-state index in [2.05, 4.69) is 13.8 Å². The molecule has 0 spiro atoms. The lowest BCUT2D eigenvalue weighted by atomic mass is 9.63. The Balaban J connectivity index is 2.20. The molecule has 2 rings (SSSR count). The van der Waals surface area contributed by atoms with Crippen LogP contribution < -0.4 is 5.73 Å². The molecule has 3 heteroatoms. The van der Waals surface area contributed by atoms with Crippen LogP contribution in [-0.4, -0.2) is 6.54 Å². The van der Waals surface area contributed by atoms with Gasteiger partial charge in [0.1, 0.15) is 0 Å². The Morgan fingerprint density at radius 1 is 1.05 bits per heavy atom. The highest BCUT2D eigenvalue weighted by Gasteiger charge is 2.38. The molecule has 0 aromatic heterocycles. The number of benzene rings is 1. The van der Waals surface area contributed by atoms with E-state index in [1.54, 1.807) is 0 Å². The lowest BCUT2D eigenvalue weighted by molar-refractivity contribution is 0.108. The zero-order valence-electron chi connectivity index (χ0n) is 11.8. The van der Waals surface area contributed by atoms with Crippen molar-refractivity contribution in [1.82, 2.24) is 0 Å². The molecule has 1 nitrogen and oxygen atoms in total. The molecular weight excluding hydrogens is 277 g/mol. The van der Waals surface area contributed by atoms with Crippen molar-refractivity contribution in [1.29, 1.82) is 0 Å². The quantitative estimate of drug-likeness (QED) is 0.827. The summed E-state index contributed by atoms with van der Waals surface area (Å²) in [4.78, 5) is 0. The van der Waals surface area contributed by atoms with E-state index in [1.807, 2.05) is 18.2 Å². The summed E-state index contributed by atoms with van der Waals surface area (Å²) in [6, 6.07) is 5.73. The molecule has 0 atom stereocenters. The predicted octanol–water partition coefficient (Wildman–Crippen LogP) is 5.08. The van der Waals surface area contributed by atoms with Crippen molar-refractivity contribution in [2.45, 2.75) is 46.0 Å². The van der Waals surface area contributed by atoms with Crippen LogP contribution in [0, 0.1) is 10.8 Å². The van der Waals surface area contributed by atoms with Crippen molar-refractivity contribution in [2.75, 3.05) is 6.54 Å². The van der Waals surface area contributed by atoms with Crippen molar-refractivity contribution in [3.05, 3.63) is 33.8 Å². The molecule has 0 bridgehead atoms. The number of hydrogen-bond acceptors (Lipinski definition) is 1. The Kier molecular flexibility index (Phi) is 4.49. The first-order valence-electron chi connectivity index (χ1n) is 7.01. The molecule has 2 N–H and O–H groups in total. The maximum absolute atomic E-state index is 6.30. The Morgan fingerprint density at radius 2 is 1.58 bits per heavy atom. The summed E-state index contributed by atoms with van der Waals surface area (Å²) < 4.78 is 0. The minimum atomic E-state index is 0.171. The molecule has 1 aromatic carbocycles. The lowest BCUT2D eigenvalue weighted by Crippen LogP contribution is -2.39. The maximum atomic E-state index is 6.30. The van der Waals surface area contributed by atoms with Crippen molar-refractivity contribution >= 4 is 23.2 Å². The van der Waals surface area contributed by atoms with Crippen molar-refractivity contribution < 1.29 is 0 Å². The number of nitrogens with two attached hydrogens (primary N) is 1. The van der Waals surface area contributed by atoms with E-state index in [4.69, 9.17) is 28.9 Å². The largest absolute Gasteiger partial charge is 0.330 e. The van der Waals surface area contributed by atoms with Gasteiger partial charge in [-0.25, -0.2) is 0 Å². The molecule has 1 saturated carbocycles. The van der Waals surface area contributed by atoms with Gasteiger partial charge in [-0.3, -0.25) is 0 Å². The maximum Gasteiger partial charge on any atom is 0.0453 e. The minimum absolute atomic E-state index is 0.171. The third-order valence-corrected chi connectivity index (χ3v) is 5.42. The van der Waals surface area contributed by atoms with Crippen LogP contribution in [0.15, 0.2) is 18.2 Å². The fourth-order valence-corrected chi connectivity index (χ4v) is 3.52. The predicted molar refractivity (Wildman–Crippen MR) is 83.9 cm³/mol. The van der Waals surface area contributed by atoms with Gasteiger partial charge in [0.2, 0.25) is 0 Å². The molecule has 106 valence electrons. The van der Waals surface area contributed by atoms with Crippen molar-refractivity contribution in [3.63, 3.8) is 0 Å². The van der Waals surface area contributed by atoms with Crippen LogP contribution in [0.4, 0.5) is 0 Å². The van der Waals surface area contributed by atoms with E-state index in [9.17, 15) is 0 Å². The molecular formula is C16H23Cl2N. The van der Waals surface area contributed by atoms with Gasteiger partial charge in [-0.1, -0.05) is 43.1 Å². The van der Waals surface area contributed by atoms with Gasteiger partial charge >= 0.3 is 0 Å². The Labute approximate surface area is 126 Å². The van der Waals surface area contributed by atoms with E-state index >= 15 is 0 Å². The molecule has 1 aliphatic carbocycles. The van der Waals surface area contributed by atoms with E-state index in [0.29, 0.717) is 12.0 Å². The monoisotopic (exact) mass is 299 g/mol. The zero-order chi connectivity index (χ0) is 14.1. The Bertz CT molecular complexity index is 424. The molecule has 0 unspecified atom stereocenters. The van der Waals surface area contributed by atoms with Gasteiger partial charge in [0.15, 0.2) is 0 Å². The van der Waals surface area contributed by atoms with Gasteiger partial charge in [0.05, 0.1) is 0 Å². The van der Waals surface area contributed by atoms with E-state index in [-0.39, 0.29) is 5.41 Å². The second kappa shape index (κ2) is 5.63. The molecule has 1 fully saturated rings. The van der Waals surface area contributed by atoms with Crippen LogP contribution in [0.3, 0.4) is 0 Å². The van der Waals surface area contributed by atoms with Gasteiger partial charge in [0.25, 0.3) is 0 Å². The molecule has 0 heterocycles. The van der Waals surface area contributed by atoms with Crippen LogP contribution in [0.5, 0.6) is 0 Å². The van der Waals surface area contributed by atoms with Gasteiger partial charge < -0.3 is 5.73 Å². The smallest absolute Gasteiger partial charge is 0.0453 e. The van der Waals surface area contributed by atoms with Crippen molar-refractivity contribution in [2.24, 2.45) is 16.6 Å². The fourth-order valence-electron chi connectivity index (χ4n) is 2.99. The van der Waals surface area contributed by atoms with Gasteiger partial charge in [-0.15, -0.1) is 0 Å². The summed E-state index contributed by atoms with van der Waals surface area (Å²) in [6.07, 6.45) is 5.69. The Morgan fingerprint density at radius 3 is 2.05 bits per heavy atom. The highest BCUT2D eigenvalue weighted by atomic mass is 35.5. The number of rotatable bonds is 3. The van der Waals surface area contributed by atoms with Crippen molar-refractivity contribution in [3.8, 4) is 0 Å². The first-order valence-corrected chi connectivity index (χ1v) is 7.76. The summed E-state index contributed by atoms with van der Waals surface area (Å²) >= 11 is 12.6. The molecule has 0 saturated heterocycles. The Hall–Kier alpha value is -0.240. The van der Waals surface area contributed by atoms with E-state index < -0.39 is 0 Å². The SMILES string of the molecule is CC1(C)CCC(CN)(Cc2c(Cl)cccc2Cl)CC1. The van der Waals surface area contributed by atoms with Crippen LogP contribution >= 0.6 is 23.2 Å². The molecule has 0 radical (unpaired) electrons. The molecule has 1 aliphatic rings. The highest BCUT2D eigenvalue weighted by molar-refractivity contribution is 6.36. The molecule has 0 amide bonds. The summed E-state index contributed by atoms with van der Waals surface area (Å²) in [5.74, 6) is 0. The summed E-state index contributed by atoms with van der Waals surface area (Å²) in [6.45, 7) is 5.40. The topological polar surface area (TPSA) is 26.0 Å². The second-order valence-corrected chi connectivity index (χ2v) is 7.56. The highest BCUT2D eigenvalue weighted by Crippen LogP contribution is 2.47. The fraction of sp³-hybridized carbons (Fsp3) is 0.625. The molecule has 19 heavy (non-hydrogen) atoms. The van der Waals surface area contributed by atoms with Gasteiger partial charge in [0, 0.05) is 10.0 Å². The lowest BCUT2D eigenvalue weighted by Gasteiger charge is -2.43. The first-order chi connectivity index (χ1) is 8.87. The zero-order valence-corrected chi connectivity index (χ0v) is 13.3. The third-order valence-electron chi connectivity index (χ3n) is 4.71. The summed E-state index contributed by atoms with van der Waals surface area (Å²) in [5.41, 5.74) is 7.77. The van der Waals surface area contributed by atoms with E-state index in [0.717, 1.165) is 34.9 Å². The molecule has 0 aliphatic heterocycles. The van der Waals surface area contributed by atoms with Gasteiger partial charge in [-0.2, -0.15) is 0 Å². The average molecular weight is 300 g/mol. The van der Waals surface area contributed by atoms with Gasteiger partial charge in [-0.05, 0) is 67.2 Å². The normalized spacial score (nSPS) is 21.3. The second-order valence-electron chi connectivity index (χ2n) is 6.75. The summed E-state index contributed by atoms with van der Waals surface area (Å²) in [5, 5.41) is 1.54. The first kappa shape index (κ1) is 15.2. The van der Waals surface area contributed by atoms with Crippen LogP contribution in [0.25, 0.3) is 0 Å². The molecule has 1 aromatic rings. The number of hydrogen-bond donors (Lipinski definition) is 1. The third kappa shape index (κ3) is 3.45. The standard InChI is InChI=1S/C16H23Cl2N/c1-15(2)6-8-16(11-19,9-7-15)10-12-13(17)4-3-5-14(12)18/h3-5H,6-11,19H2,1-2H3. The van der Waals surface area contributed by atoms with Crippen LogP contribution in [0.1, 0.15) is 45.1 Å². The van der Waals surface area contributed by atoms with E-state index in [1.165, 1.54) is 12.8 Å². The number of halogens is 2.